The van der Waals surface area contributed by atoms with Crippen molar-refractivity contribution in [1.29, 1.82) is 0 Å². The molecule has 0 spiro atoms. The van der Waals surface area contributed by atoms with Gasteiger partial charge < -0.3 is 0 Å². The van der Waals surface area contributed by atoms with Gasteiger partial charge in [-0.15, -0.1) is 0 Å². The Labute approximate surface area is 103 Å². The second kappa shape index (κ2) is 5.89. The Kier molecular flexibility index (Phi) is 5.08. The summed E-state index contributed by atoms with van der Waals surface area (Å²) >= 11 is 0. The van der Waals surface area contributed by atoms with Gasteiger partial charge in [0.25, 0.3) is 0 Å². The minimum Gasteiger partial charge on any atom is -0.0736 e. The Morgan fingerprint density at radius 2 is 2.00 bits per heavy atom. The van der Waals surface area contributed by atoms with E-state index in [0.717, 1.165) is 12.3 Å². The maximum atomic E-state index is 3.95. The van der Waals surface area contributed by atoms with Gasteiger partial charge in [0.05, 0.1) is 0 Å². The Balaban J connectivity index is 2.56. The molecule has 1 aliphatic carbocycles. The maximum Gasteiger partial charge on any atom is -0.0142 e. The Hall–Kier alpha value is -0.260. The van der Waals surface area contributed by atoms with Crippen molar-refractivity contribution in [3.05, 3.63) is 18.1 Å². The summed E-state index contributed by atoms with van der Waals surface area (Å²) < 4.78 is 0. The second-order valence-corrected chi connectivity index (χ2v) is 6.28. The van der Waals surface area contributed by atoms with Crippen molar-refractivity contribution in [1.82, 2.24) is 0 Å². The van der Waals surface area contributed by atoms with Crippen LogP contribution in [0.2, 0.25) is 0 Å². The zero-order valence-corrected chi connectivity index (χ0v) is 11.7. The normalized spacial score (nSPS) is 22.3. The average molecular weight is 221 g/mol. The van der Waals surface area contributed by atoms with E-state index in [9.17, 15) is 0 Å². The number of allylic oxidation sites excluding steroid dienone is 2. The number of hydrogen-bond acceptors (Lipinski definition) is 0. The van der Waals surface area contributed by atoms with Crippen molar-refractivity contribution in [3.63, 3.8) is 0 Å². The molecular formula is C16H29. The molecule has 1 unspecified atom stereocenters. The first-order chi connectivity index (χ1) is 7.47. The summed E-state index contributed by atoms with van der Waals surface area (Å²) in [6, 6.07) is 0. The maximum absolute atomic E-state index is 3.95. The minimum atomic E-state index is 0.465. The predicted molar refractivity (Wildman–Crippen MR) is 73.3 cm³/mol. The first-order valence-corrected chi connectivity index (χ1v) is 6.95. The van der Waals surface area contributed by atoms with Crippen molar-refractivity contribution >= 4 is 0 Å². The second-order valence-electron chi connectivity index (χ2n) is 6.28. The highest BCUT2D eigenvalue weighted by Gasteiger charge is 2.27. The molecule has 1 aliphatic rings. The third-order valence-corrected chi connectivity index (χ3v) is 4.27. The molecule has 0 amide bonds. The molecule has 1 radical (unpaired) electrons. The van der Waals surface area contributed by atoms with Gasteiger partial charge in [0.1, 0.15) is 0 Å². The van der Waals surface area contributed by atoms with Gasteiger partial charge in [0, 0.05) is 0 Å². The SMILES string of the molecule is [CH2]CCC(C)CCC1=C(C)CCCC1(C)C. The van der Waals surface area contributed by atoms with Gasteiger partial charge in [0.15, 0.2) is 0 Å². The van der Waals surface area contributed by atoms with Crippen LogP contribution in [0.5, 0.6) is 0 Å². The summed E-state index contributed by atoms with van der Waals surface area (Å²) in [5.41, 5.74) is 3.90. The average Bonchev–Trinajstić information content (AvgIpc) is 2.16. The van der Waals surface area contributed by atoms with E-state index in [1.165, 1.54) is 38.5 Å². The summed E-state index contributed by atoms with van der Waals surface area (Å²) in [7, 11) is 0. The molecule has 0 aromatic rings. The highest BCUT2D eigenvalue weighted by atomic mass is 14.3. The summed E-state index contributed by atoms with van der Waals surface area (Å²) in [6.45, 7) is 13.5. The fraction of sp³-hybridized carbons (Fsp3) is 0.812. The third kappa shape index (κ3) is 3.64. The highest BCUT2D eigenvalue weighted by molar-refractivity contribution is 5.22. The molecule has 0 nitrogen and oxygen atoms in total. The fourth-order valence-electron chi connectivity index (χ4n) is 3.11. The standard InChI is InChI=1S/C16H29/c1-6-8-13(2)10-11-15-14(3)9-7-12-16(15,4)5/h13H,1,6-12H2,2-5H3. The Bertz CT molecular complexity index is 245. The van der Waals surface area contributed by atoms with Crippen molar-refractivity contribution in [3.8, 4) is 0 Å². The fourth-order valence-corrected chi connectivity index (χ4v) is 3.11. The van der Waals surface area contributed by atoms with E-state index in [4.69, 9.17) is 0 Å². The van der Waals surface area contributed by atoms with Crippen LogP contribution in [-0.4, -0.2) is 0 Å². The van der Waals surface area contributed by atoms with Crippen molar-refractivity contribution in [2.45, 2.75) is 72.6 Å². The van der Waals surface area contributed by atoms with Crippen LogP contribution in [0.15, 0.2) is 11.1 Å². The van der Waals surface area contributed by atoms with E-state index >= 15 is 0 Å². The molecule has 0 bridgehead atoms. The zero-order chi connectivity index (χ0) is 12.2. The smallest absolute Gasteiger partial charge is 0.0142 e. The molecule has 0 aromatic carbocycles. The van der Waals surface area contributed by atoms with Crippen LogP contribution in [0.4, 0.5) is 0 Å². The van der Waals surface area contributed by atoms with E-state index in [1.54, 1.807) is 11.1 Å². The molecule has 0 heterocycles. The van der Waals surface area contributed by atoms with Gasteiger partial charge >= 0.3 is 0 Å². The van der Waals surface area contributed by atoms with Crippen LogP contribution in [0, 0.1) is 18.3 Å². The van der Waals surface area contributed by atoms with Crippen LogP contribution >= 0.6 is 0 Å². The monoisotopic (exact) mass is 221 g/mol. The largest absolute Gasteiger partial charge is 0.0736 e. The molecular weight excluding hydrogens is 192 g/mol. The van der Waals surface area contributed by atoms with E-state index in [0.29, 0.717) is 5.41 Å². The van der Waals surface area contributed by atoms with Gasteiger partial charge in [0.2, 0.25) is 0 Å². The van der Waals surface area contributed by atoms with Crippen LogP contribution in [-0.2, 0) is 0 Å². The van der Waals surface area contributed by atoms with Crippen LogP contribution in [0.1, 0.15) is 72.6 Å². The Morgan fingerprint density at radius 3 is 2.56 bits per heavy atom. The highest BCUT2D eigenvalue weighted by Crippen LogP contribution is 2.42. The van der Waals surface area contributed by atoms with E-state index < -0.39 is 0 Å². The predicted octanol–water partition coefficient (Wildman–Crippen LogP) is 5.54. The number of hydrogen-bond donors (Lipinski definition) is 0. The van der Waals surface area contributed by atoms with Crippen LogP contribution in [0.3, 0.4) is 0 Å². The van der Waals surface area contributed by atoms with Crippen LogP contribution < -0.4 is 0 Å². The lowest BCUT2D eigenvalue weighted by atomic mass is 9.70. The van der Waals surface area contributed by atoms with E-state index in [2.05, 4.69) is 34.6 Å². The Morgan fingerprint density at radius 1 is 1.31 bits per heavy atom. The van der Waals surface area contributed by atoms with Gasteiger partial charge in [-0.3, -0.25) is 0 Å². The summed E-state index contributed by atoms with van der Waals surface area (Å²) in [6.07, 6.45) is 9.14. The first-order valence-electron chi connectivity index (χ1n) is 6.95. The molecule has 0 aromatic heterocycles. The molecule has 1 atom stereocenters. The van der Waals surface area contributed by atoms with Gasteiger partial charge in [-0.1, -0.05) is 51.7 Å². The minimum absolute atomic E-state index is 0.465. The van der Waals surface area contributed by atoms with Crippen molar-refractivity contribution in [2.75, 3.05) is 0 Å². The molecule has 0 saturated carbocycles. The van der Waals surface area contributed by atoms with E-state index in [-0.39, 0.29) is 0 Å². The lowest BCUT2D eigenvalue weighted by Gasteiger charge is -2.35. The molecule has 0 fully saturated rings. The summed E-state index contributed by atoms with van der Waals surface area (Å²) in [5.74, 6) is 0.843. The molecule has 0 aliphatic heterocycles. The first kappa shape index (κ1) is 13.8. The molecule has 0 heteroatoms. The quantitative estimate of drug-likeness (QED) is 0.534. The lowest BCUT2D eigenvalue weighted by Crippen LogP contribution is -2.20. The topological polar surface area (TPSA) is 0 Å². The molecule has 16 heavy (non-hydrogen) atoms. The molecule has 0 saturated heterocycles. The van der Waals surface area contributed by atoms with Crippen molar-refractivity contribution < 1.29 is 0 Å². The van der Waals surface area contributed by atoms with Crippen LogP contribution in [0.25, 0.3) is 0 Å². The van der Waals surface area contributed by atoms with Gasteiger partial charge in [-0.25, -0.2) is 0 Å². The van der Waals surface area contributed by atoms with Gasteiger partial charge in [-0.05, 0) is 50.4 Å². The number of rotatable bonds is 5. The molecule has 0 N–H and O–H groups in total. The third-order valence-electron chi connectivity index (χ3n) is 4.27. The van der Waals surface area contributed by atoms with Crippen molar-refractivity contribution in [2.24, 2.45) is 11.3 Å². The van der Waals surface area contributed by atoms with E-state index in [1.807, 2.05) is 0 Å². The summed E-state index contributed by atoms with van der Waals surface area (Å²) in [4.78, 5) is 0. The molecule has 93 valence electrons. The summed E-state index contributed by atoms with van der Waals surface area (Å²) in [5, 5.41) is 0. The zero-order valence-electron chi connectivity index (χ0n) is 11.7. The lowest BCUT2D eigenvalue weighted by molar-refractivity contribution is 0.342. The molecule has 1 rings (SSSR count). The van der Waals surface area contributed by atoms with Gasteiger partial charge in [-0.2, -0.15) is 0 Å².